The fourth-order valence-corrected chi connectivity index (χ4v) is 3.72. The van der Waals surface area contributed by atoms with Gasteiger partial charge in [-0.15, -0.1) is 0 Å². The average Bonchev–Trinajstić information content (AvgIpc) is 2.68. The summed E-state index contributed by atoms with van der Waals surface area (Å²) in [6, 6.07) is 10.7. The van der Waals surface area contributed by atoms with Gasteiger partial charge >= 0.3 is 0 Å². The Morgan fingerprint density at radius 1 is 0.889 bits per heavy atom. The summed E-state index contributed by atoms with van der Waals surface area (Å²) in [6.45, 7) is 8.21. The van der Waals surface area contributed by atoms with Gasteiger partial charge in [-0.25, -0.2) is 0 Å². The minimum atomic E-state index is 0.635. The van der Waals surface area contributed by atoms with Crippen molar-refractivity contribution in [1.82, 2.24) is 0 Å². The maximum absolute atomic E-state index is 6.26. The Morgan fingerprint density at radius 2 is 1.67 bits per heavy atom. The van der Waals surface area contributed by atoms with Gasteiger partial charge in [0.15, 0.2) is 0 Å². The van der Waals surface area contributed by atoms with Gasteiger partial charge < -0.3 is 9.47 Å². The Bertz CT molecular complexity index is 683. The van der Waals surface area contributed by atoms with Crippen molar-refractivity contribution < 1.29 is 9.47 Å². The second-order valence-electron chi connectivity index (χ2n) is 7.44. The fraction of sp³-hybridized carbons (Fsp3) is 0.583. The minimum absolute atomic E-state index is 0.635. The molecule has 2 nitrogen and oxygen atoms in total. The van der Waals surface area contributed by atoms with Gasteiger partial charge in [-0.2, -0.15) is 0 Å². The van der Waals surface area contributed by atoms with Gasteiger partial charge in [0.25, 0.3) is 0 Å². The first-order chi connectivity index (χ1) is 13.2. The van der Waals surface area contributed by atoms with Crippen LogP contribution >= 0.6 is 15.9 Å². The first-order valence-corrected chi connectivity index (χ1v) is 11.7. The normalized spacial score (nSPS) is 12.3. The third kappa shape index (κ3) is 7.03. The lowest BCUT2D eigenvalue weighted by Crippen LogP contribution is -2.11. The van der Waals surface area contributed by atoms with Crippen LogP contribution in [0.4, 0.5) is 0 Å². The number of ether oxygens (including phenoxy) is 2. The summed E-state index contributed by atoms with van der Waals surface area (Å²) >= 11 is 3.48. The highest BCUT2D eigenvalue weighted by molar-refractivity contribution is 9.09. The third-order valence-electron chi connectivity index (χ3n) is 5.15. The van der Waals surface area contributed by atoms with Crippen molar-refractivity contribution in [2.45, 2.75) is 65.7 Å². The van der Waals surface area contributed by atoms with E-state index in [4.69, 9.17) is 9.47 Å². The molecule has 2 aromatic rings. The summed E-state index contributed by atoms with van der Waals surface area (Å²) in [5, 5.41) is 3.39. The van der Waals surface area contributed by atoms with E-state index in [1.165, 1.54) is 44.1 Å². The van der Waals surface area contributed by atoms with Crippen LogP contribution in [-0.2, 0) is 0 Å². The number of benzene rings is 2. The van der Waals surface area contributed by atoms with Gasteiger partial charge in [0, 0.05) is 16.1 Å². The first kappa shape index (κ1) is 22.1. The van der Waals surface area contributed by atoms with E-state index in [-0.39, 0.29) is 0 Å². The maximum Gasteiger partial charge on any atom is 0.127 e. The van der Waals surface area contributed by atoms with Gasteiger partial charge in [0.1, 0.15) is 11.5 Å². The molecule has 1 atom stereocenters. The maximum atomic E-state index is 6.26. The molecule has 0 N–H and O–H groups in total. The summed E-state index contributed by atoms with van der Waals surface area (Å²) in [4.78, 5) is 0. The topological polar surface area (TPSA) is 18.5 Å². The number of halogens is 1. The molecule has 0 spiro atoms. The van der Waals surface area contributed by atoms with E-state index in [2.05, 4.69) is 67.0 Å². The average molecular weight is 435 g/mol. The smallest absolute Gasteiger partial charge is 0.127 e. The highest BCUT2D eigenvalue weighted by Crippen LogP contribution is 2.34. The van der Waals surface area contributed by atoms with Crippen molar-refractivity contribution >= 4 is 26.7 Å². The van der Waals surface area contributed by atoms with Crippen LogP contribution in [0.2, 0.25) is 0 Å². The summed E-state index contributed by atoms with van der Waals surface area (Å²) in [5.41, 5.74) is 1.25. The zero-order valence-electron chi connectivity index (χ0n) is 17.2. The number of rotatable bonds is 13. The molecule has 0 amide bonds. The van der Waals surface area contributed by atoms with Crippen LogP contribution in [0.5, 0.6) is 11.5 Å². The van der Waals surface area contributed by atoms with Crippen molar-refractivity contribution in [3.8, 4) is 11.5 Å². The van der Waals surface area contributed by atoms with Crippen LogP contribution in [0.3, 0.4) is 0 Å². The highest BCUT2D eigenvalue weighted by Gasteiger charge is 2.11. The van der Waals surface area contributed by atoms with E-state index in [9.17, 15) is 0 Å². The molecule has 0 radical (unpaired) electrons. The summed E-state index contributed by atoms with van der Waals surface area (Å²) in [5.74, 6) is 2.58. The van der Waals surface area contributed by atoms with Gasteiger partial charge in [0.2, 0.25) is 0 Å². The number of unbranched alkanes of at least 4 members (excludes halogenated alkanes) is 3. The predicted molar refractivity (Wildman–Crippen MR) is 121 cm³/mol. The van der Waals surface area contributed by atoms with Crippen molar-refractivity contribution in [3.63, 3.8) is 0 Å². The van der Waals surface area contributed by atoms with Gasteiger partial charge in [-0.05, 0) is 56.7 Å². The van der Waals surface area contributed by atoms with E-state index >= 15 is 0 Å². The second-order valence-corrected chi connectivity index (χ2v) is 8.23. The van der Waals surface area contributed by atoms with Crippen molar-refractivity contribution in [2.75, 3.05) is 18.5 Å². The van der Waals surface area contributed by atoms with Crippen molar-refractivity contribution in [2.24, 2.45) is 5.92 Å². The van der Waals surface area contributed by atoms with Gasteiger partial charge in [0.05, 0.1) is 13.2 Å². The molecule has 0 heterocycles. The second kappa shape index (κ2) is 12.3. The summed E-state index contributed by atoms with van der Waals surface area (Å²) < 4.78 is 12.4. The van der Waals surface area contributed by atoms with E-state index in [0.29, 0.717) is 5.92 Å². The Balaban J connectivity index is 2.10. The van der Waals surface area contributed by atoms with E-state index in [1.807, 2.05) is 0 Å². The third-order valence-corrected chi connectivity index (χ3v) is 5.71. The standard InChI is InChI=1S/C24H35BrO2/c1-4-6-10-20(5-2)18-27-23-13-14-24(26-16-9-7-8-15-25)22-17-19(3)11-12-21(22)23/h11-14,17,20H,4-10,15-16,18H2,1-3H3. The number of aryl methyl sites for hydroxylation is 1. The van der Waals surface area contributed by atoms with E-state index in [0.717, 1.165) is 47.2 Å². The lowest BCUT2D eigenvalue weighted by molar-refractivity contribution is 0.235. The summed E-state index contributed by atoms with van der Waals surface area (Å²) in [7, 11) is 0. The molecule has 27 heavy (non-hydrogen) atoms. The lowest BCUT2D eigenvalue weighted by atomic mass is 10.0. The lowest BCUT2D eigenvalue weighted by Gasteiger charge is -2.18. The number of fused-ring (bicyclic) bond motifs is 1. The van der Waals surface area contributed by atoms with Crippen LogP contribution in [0, 0.1) is 12.8 Å². The van der Waals surface area contributed by atoms with Crippen LogP contribution in [-0.4, -0.2) is 18.5 Å². The highest BCUT2D eigenvalue weighted by atomic mass is 79.9. The SMILES string of the molecule is CCCCC(CC)COc1ccc(OCCCCCBr)c2cc(C)ccc12. The number of alkyl halides is 1. The molecular formula is C24H35BrO2. The van der Waals surface area contributed by atoms with Crippen LogP contribution in [0.25, 0.3) is 10.8 Å². The molecule has 2 rings (SSSR count). The molecule has 0 aliphatic carbocycles. The number of hydrogen-bond acceptors (Lipinski definition) is 2. The van der Waals surface area contributed by atoms with Crippen molar-refractivity contribution in [3.05, 3.63) is 35.9 Å². The molecule has 3 heteroatoms. The van der Waals surface area contributed by atoms with Gasteiger partial charge in [-0.1, -0.05) is 66.7 Å². The minimum Gasteiger partial charge on any atom is -0.493 e. The molecule has 1 unspecified atom stereocenters. The van der Waals surface area contributed by atoms with Gasteiger partial charge in [-0.3, -0.25) is 0 Å². The first-order valence-electron chi connectivity index (χ1n) is 10.5. The van der Waals surface area contributed by atoms with Crippen LogP contribution in [0.1, 0.15) is 64.4 Å². The molecule has 0 aliphatic heterocycles. The van der Waals surface area contributed by atoms with Crippen molar-refractivity contribution in [1.29, 1.82) is 0 Å². The molecule has 150 valence electrons. The zero-order chi connectivity index (χ0) is 19.5. The molecule has 0 aromatic heterocycles. The Kier molecular flexibility index (Phi) is 10.0. The Hall–Kier alpha value is -1.22. The molecule has 0 aliphatic rings. The zero-order valence-corrected chi connectivity index (χ0v) is 18.8. The molecule has 0 bridgehead atoms. The fourth-order valence-electron chi connectivity index (χ4n) is 3.32. The van der Waals surface area contributed by atoms with E-state index < -0.39 is 0 Å². The predicted octanol–water partition coefficient (Wildman–Crippen LogP) is 7.69. The Labute approximate surface area is 173 Å². The largest absolute Gasteiger partial charge is 0.493 e. The van der Waals surface area contributed by atoms with E-state index in [1.54, 1.807) is 0 Å². The monoisotopic (exact) mass is 434 g/mol. The molecule has 0 saturated heterocycles. The Morgan fingerprint density at radius 3 is 2.37 bits per heavy atom. The quantitative estimate of drug-likeness (QED) is 0.237. The molecular weight excluding hydrogens is 400 g/mol. The molecule has 2 aromatic carbocycles. The molecule has 0 fully saturated rings. The number of hydrogen-bond donors (Lipinski definition) is 0. The molecule has 0 saturated carbocycles. The van der Waals surface area contributed by atoms with Crippen LogP contribution in [0.15, 0.2) is 30.3 Å². The van der Waals surface area contributed by atoms with Crippen LogP contribution < -0.4 is 9.47 Å². The summed E-state index contributed by atoms with van der Waals surface area (Å²) in [6.07, 6.45) is 8.44.